The molecule has 5 nitrogen and oxygen atoms in total. The van der Waals surface area contributed by atoms with E-state index in [2.05, 4.69) is 11.8 Å². The molecule has 2 unspecified atom stereocenters. The lowest BCUT2D eigenvalue weighted by atomic mass is 9.90. The Morgan fingerprint density at radius 1 is 1.50 bits per heavy atom. The third-order valence-corrected chi connectivity index (χ3v) is 4.46. The molecule has 0 amide bonds. The SMILES string of the molecule is Cc1c(CN2CCCC(C)C2CN)cccc1[N+](=O)[O-]. The van der Waals surface area contributed by atoms with Crippen LogP contribution in [0.4, 0.5) is 5.69 Å². The van der Waals surface area contributed by atoms with Crippen molar-refractivity contribution in [3.8, 4) is 0 Å². The van der Waals surface area contributed by atoms with Crippen LogP contribution in [-0.2, 0) is 6.54 Å². The van der Waals surface area contributed by atoms with Crippen molar-refractivity contribution >= 4 is 5.69 Å². The summed E-state index contributed by atoms with van der Waals surface area (Å²) in [6.07, 6.45) is 2.39. The van der Waals surface area contributed by atoms with E-state index in [0.29, 0.717) is 18.5 Å². The molecule has 0 aliphatic carbocycles. The summed E-state index contributed by atoms with van der Waals surface area (Å²) in [7, 11) is 0. The third kappa shape index (κ3) is 2.99. The Bertz CT molecular complexity index is 490. The fourth-order valence-corrected chi connectivity index (χ4v) is 3.17. The van der Waals surface area contributed by atoms with E-state index in [1.165, 1.54) is 12.8 Å². The van der Waals surface area contributed by atoms with Crippen LogP contribution in [0.1, 0.15) is 30.9 Å². The molecule has 1 aliphatic heterocycles. The van der Waals surface area contributed by atoms with E-state index in [-0.39, 0.29) is 10.6 Å². The Morgan fingerprint density at radius 3 is 2.90 bits per heavy atom. The molecule has 1 aromatic carbocycles. The second-order valence-electron chi connectivity index (χ2n) is 5.71. The summed E-state index contributed by atoms with van der Waals surface area (Å²) < 4.78 is 0. The highest BCUT2D eigenvalue weighted by Gasteiger charge is 2.28. The average Bonchev–Trinajstić information content (AvgIpc) is 2.41. The molecule has 1 saturated heterocycles. The summed E-state index contributed by atoms with van der Waals surface area (Å²) in [5.41, 5.74) is 7.91. The number of nitro groups is 1. The maximum atomic E-state index is 11.0. The highest BCUT2D eigenvalue weighted by molar-refractivity contribution is 5.44. The molecule has 5 heteroatoms. The minimum atomic E-state index is -0.307. The van der Waals surface area contributed by atoms with E-state index in [1.54, 1.807) is 12.1 Å². The van der Waals surface area contributed by atoms with Crippen LogP contribution >= 0.6 is 0 Å². The molecule has 1 aromatic rings. The summed E-state index contributed by atoms with van der Waals surface area (Å²) in [6.45, 7) is 6.49. The maximum absolute atomic E-state index is 11.0. The van der Waals surface area contributed by atoms with Gasteiger partial charge in [0.15, 0.2) is 0 Å². The standard InChI is InChI=1S/C15H23N3O2/c1-11-5-4-8-17(15(11)9-16)10-13-6-3-7-14(12(13)2)18(19)20/h3,6-7,11,15H,4-5,8-10,16H2,1-2H3. The van der Waals surface area contributed by atoms with Crippen molar-refractivity contribution in [3.63, 3.8) is 0 Å². The molecule has 110 valence electrons. The number of benzene rings is 1. The zero-order chi connectivity index (χ0) is 14.7. The number of nitrogens with zero attached hydrogens (tertiary/aromatic N) is 2. The van der Waals surface area contributed by atoms with Gasteiger partial charge >= 0.3 is 0 Å². The lowest BCUT2D eigenvalue weighted by Gasteiger charge is -2.39. The van der Waals surface area contributed by atoms with Crippen LogP contribution in [-0.4, -0.2) is 29.0 Å². The van der Waals surface area contributed by atoms with Crippen LogP contribution in [0.3, 0.4) is 0 Å². The van der Waals surface area contributed by atoms with Gasteiger partial charge < -0.3 is 5.73 Å². The van der Waals surface area contributed by atoms with Crippen molar-refractivity contribution in [2.45, 2.75) is 39.3 Å². The molecule has 0 aromatic heterocycles. The van der Waals surface area contributed by atoms with Gasteiger partial charge in [0, 0.05) is 30.8 Å². The van der Waals surface area contributed by atoms with Crippen molar-refractivity contribution < 1.29 is 4.92 Å². The second kappa shape index (κ2) is 6.33. The van der Waals surface area contributed by atoms with Crippen LogP contribution in [0.25, 0.3) is 0 Å². The number of nitrogens with two attached hydrogens (primary N) is 1. The van der Waals surface area contributed by atoms with Crippen molar-refractivity contribution in [1.29, 1.82) is 0 Å². The highest BCUT2D eigenvalue weighted by atomic mass is 16.6. The lowest BCUT2D eigenvalue weighted by molar-refractivity contribution is -0.385. The van der Waals surface area contributed by atoms with Gasteiger partial charge in [-0.05, 0) is 37.8 Å². The Morgan fingerprint density at radius 2 is 2.25 bits per heavy atom. The van der Waals surface area contributed by atoms with Crippen LogP contribution in [0.5, 0.6) is 0 Å². The third-order valence-electron chi connectivity index (χ3n) is 4.46. The molecule has 20 heavy (non-hydrogen) atoms. The van der Waals surface area contributed by atoms with E-state index in [1.807, 2.05) is 13.0 Å². The average molecular weight is 277 g/mol. The predicted octanol–water partition coefficient (Wildman–Crippen LogP) is 2.46. The maximum Gasteiger partial charge on any atom is 0.272 e. The van der Waals surface area contributed by atoms with Crippen molar-refractivity contribution in [2.75, 3.05) is 13.1 Å². The second-order valence-corrected chi connectivity index (χ2v) is 5.71. The van der Waals surface area contributed by atoms with Gasteiger partial charge in [-0.15, -0.1) is 0 Å². The zero-order valence-electron chi connectivity index (χ0n) is 12.2. The van der Waals surface area contributed by atoms with Crippen LogP contribution in [0.2, 0.25) is 0 Å². The van der Waals surface area contributed by atoms with Gasteiger partial charge in [-0.2, -0.15) is 0 Å². The molecule has 1 fully saturated rings. The number of nitro benzene ring substituents is 1. The van der Waals surface area contributed by atoms with Crippen molar-refractivity contribution in [3.05, 3.63) is 39.4 Å². The molecular weight excluding hydrogens is 254 g/mol. The molecule has 0 spiro atoms. The van der Waals surface area contributed by atoms with E-state index in [4.69, 9.17) is 5.73 Å². The largest absolute Gasteiger partial charge is 0.329 e. The van der Waals surface area contributed by atoms with Gasteiger partial charge in [0.05, 0.1) is 4.92 Å². The first-order valence-electron chi connectivity index (χ1n) is 7.21. The Hall–Kier alpha value is -1.46. The molecule has 2 N–H and O–H groups in total. The Labute approximate surface area is 119 Å². The minimum absolute atomic E-state index is 0.205. The molecule has 2 atom stereocenters. The van der Waals surface area contributed by atoms with E-state index >= 15 is 0 Å². The first-order valence-corrected chi connectivity index (χ1v) is 7.21. The zero-order valence-corrected chi connectivity index (χ0v) is 12.2. The Balaban J connectivity index is 2.21. The molecule has 1 heterocycles. The first kappa shape index (κ1) is 14.9. The molecule has 1 aliphatic rings. The van der Waals surface area contributed by atoms with Crippen molar-refractivity contribution in [2.24, 2.45) is 11.7 Å². The molecule has 2 rings (SSSR count). The molecule has 0 radical (unpaired) electrons. The van der Waals surface area contributed by atoms with Gasteiger partial charge in [-0.3, -0.25) is 15.0 Å². The topological polar surface area (TPSA) is 72.4 Å². The fraction of sp³-hybridized carbons (Fsp3) is 0.600. The van der Waals surface area contributed by atoms with Gasteiger partial charge in [0.2, 0.25) is 0 Å². The van der Waals surface area contributed by atoms with Crippen molar-refractivity contribution in [1.82, 2.24) is 4.90 Å². The van der Waals surface area contributed by atoms with Gasteiger partial charge in [0.25, 0.3) is 5.69 Å². The lowest BCUT2D eigenvalue weighted by Crippen LogP contribution is -2.48. The molecule has 0 bridgehead atoms. The van der Waals surface area contributed by atoms with E-state index in [9.17, 15) is 10.1 Å². The normalized spacial score (nSPS) is 23.8. The molecule has 0 saturated carbocycles. The smallest absolute Gasteiger partial charge is 0.272 e. The Kier molecular flexibility index (Phi) is 4.73. The summed E-state index contributed by atoms with van der Waals surface area (Å²) in [4.78, 5) is 13.1. The van der Waals surface area contributed by atoms with E-state index < -0.39 is 0 Å². The fourth-order valence-electron chi connectivity index (χ4n) is 3.17. The summed E-state index contributed by atoms with van der Waals surface area (Å²) in [5.74, 6) is 0.591. The van der Waals surface area contributed by atoms with Crippen LogP contribution in [0, 0.1) is 23.0 Å². The number of piperidine rings is 1. The van der Waals surface area contributed by atoms with Crippen LogP contribution in [0.15, 0.2) is 18.2 Å². The summed E-state index contributed by atoms with van der Waals surface area (Å²) in [5, 5.41) is 11.0. The number of hydrogen-bond donors (Lipinski definition) is 1. The molecular formula is C15H23N3O2. The predicted molar refractivity (Wildman–Crippen MR) is 79.5 cm³/mol. The van der Waals surface area contributed by atoms with Gasteiger partial charge in [-0.1, -0.05) is 19.1 Å². The minimum Gasteiger partial charge on any atom is -0.329 e. The van der Waals surface area contributed by atoms with Gasteiger partial charge in [-0.25, -0.2) is 0 Å². The van der Waals surface area contributed by atoms with E-state index in [0.717, 1.165) is 24.2 Å². The number of hydrogen-bond acceptors (Lipinski definition) is 4. The number of likely N-dealkylation sites (tertiary alicyclic amines) is 1. The summed E-state index contributed by atoms with van der Waals surface area (Å²) in [6, 6.07) is 5.70. The van der Waals surface area contributed by atoms with Gasteiger partial charge in [0.1, 0.15) is 0 Å². The van der Waals surface area contributed by atoms with Crippen LogP contribution < -0.4 is 5.73 Å². The summed E-state index contributed by atoms with van der Waals surface area (Å²) >= 11 is 0. The monoisotopic (exact) mass is 277 g/mol. The highest BCUT2D eigenvalue weighted by Crippen LogP contribution is 2.27. The quantitative estimate of drug-likeness (QED) is 0.678. The number of rotatable bonds is 4. The first-order chi connectivity index (χ1) is 9.54.